The summed E-state index contributed by atoms with van der Waals surface area (Å²) in [6.45, 7) is 0.222. The van der Waals surface area contributed by atoms with Gasteiger partial charge in [-0.1, -0.05) is 35.3 Å². The lowest BCUT2D eigenvalue weighted by molar-refractivity contribution is -0.174. The number of aromatic nitrogens is 1. The molecule has 1 aromatic carbocycles. The maximum absolute atomic E-state index is 15.4. The molecule has 2 aromatic rings. The molecular formula is C20H18Cl2FN3O3. The number of pyridine rings is 1. The van der Waals surface area contributed by atoms with Gasteiger partial charge in [-0.2, -0.15) is 0 Å². The highest BCUT2D eigenvalue weighted by Gasteiger charge is 2.54. The Morgan fingerprint density at radius 3 is 2.83 bits per heavy atom. The van der Waals surface area contributed by atoms with Crippen LogP contribution in [-0.4, -0.2) is 34.8 Å². The third-order valence-electron chi connectivity index (χ3n) is 5.58. The quantitative estimate of drug-likeness (QED) is 0.798. The molecule has 9 heteroatoms. The summed E-state index contributed by atoms with van der Waals surface area (Å²) in [5, 5.41) is 0.948. The van der Waals surface area contributed by atoms with Crippen LogP contribution in [0.2, 0.25) is 10.0 Å². The van der Waals surface area contributed by atoms with Crippen molar-refractivity contribution < 1.29 is 18.7 Å². The number of fused-ring (bicyclic) bond motifs is 2. The van der Waals surface area contributed by atoms with Crippen molar-refractivity contribution in [3.63, 3.8) is 0 Å². The van der Waals surface area contributed by atoms with Crippen molar-refractivity contribution in [1.29, 1.82) is 0 Å². The lowest BCUT2D eigenvalue weighted by atomic mass is 9.73. The van der Waals surface area contributed by atoms with Crippen LogP contribution in [0, 0.1) is 0 Å². The summed E-state index contributed by atoms with van der Waals surface area (Å²) in [5.41, 5.74) is 3.13. The number of amides is 2. The van der Waals surface area contributed by atoms with Gasteiger partial charge in [0, 0.05) is 28.4 Å². The molecule has 2 amide bonds. The van der Waals surface area contributed by atoms with Crippen molar-refractivity contribution in [2.75, 3.05) is 13.2 Å². The van der Waals surface area contributed by atoms with Gasteiger partial charge in [-0.05, 0) is 36.6 Å². The molecule has 2 atom stereocenters. The number of nitrogens with two attached hydrogens (primary N) is 1. The molecule has 2 N–H and O–H groups in total. The summed E-state index contributed by atoms with van der Waals surface area (Å²) < 4.78 is 21.3. The van der Waals surface area contributed by atoms with Crippen LogP contribution >= 0.6 is 23.2 Å². The lowest BCUT2D eigenvalue weighted by Crippen LogP contribution is -2.56. The molecule has 0 saturated carbocycles. The predicted molar refractivity (Wildman–Crippen MR) is 105 cm³/mol. The first-order chi connectivity index (χ1) is 13.7. The Morgan fingerprint density at radius 1 is 1.31 bits per heavy atom. The normalized spacial score (nSPS) is 26.4. The largest absolute Gasteiger partial charge is 0.367 e. The number of hydrogen-bond donors (Lipinski definition) is 1. The summed E-state index contributed by atoms with van der Waals surface area (Å²) in [4.78, 5) is 30.3. The highest BCUT2D eigenvalue weighted by molar-refractivity contribution is 6.35. The molecule has 4 rings (SSSR count). The number of halogens is 3. The van der Waals surface area contributed by atoms with Gasteiger partial charge in [0.1, 0.15) is 12.2 Å². The molecule has 2 aliphatic rings. The van der Waals surface area contributed by atoms with Crippen molar-refractivity contribution in [3.05, 3.63) is 63.4 Å². The Bertz CT molecular complexity index is 1000. The fourth-order valence-electron chi connectivity index (χ4n) is 4.00. The van der Waals surface area contributed by atoms with Gasteiger partial charge in [0.15, 0.2) is 0 Å². The van der Waals surface area contributed by atoms with Crippen LogP contribution in [0.4, 0.5) is 4.39 Å². The second kappa shape index (κ2) is 7.23. The van der Waals surface area contributed by atoms with Crippen LogP contribution in [0.5, 0.6) is 0 Å². The van der Waals surface area contributed by atoms with Crippen LogP contribution in [0.25, 0.3) is 0 Å². The van der Waals surface area contributed by atoms with Gasteiger partial charge >= 0.3 is 0 Å². The minimum Gasteiger partial charge on any atom is -0.367 e. The van der Waals surface area contributed by atoms with Crippen molar-refractivity contribution in [2.45, 2.75) is 30.7 Å². The number of hydrogen-bond acceptors (Lipinski definition) is 4. The van der Waals surface area contributed by atoms with E-state index >= 15 is 4.39 Å². The lowest BCUT2D eigenvalue weighted by Gasteiger charge is -2.47. The van der Waals surface area contributed by atoms with Crippen LogP contribution in [-0.2, 0) is 32.1 Å². The van der Waals surface area contributed by atoms with E-state index in [-0.39, 0.29) is 44.0 Å². The Labute approximate surface area is 176 Å². The van der Waals surface area contributed by atoms with Crippen LogP contribution < -0.4 is 5.73 Å². The molecule has 1 saturated heterocycles. The molecule has 1 spiro atoms. The molecule has 1 aromatic heterocycles. The van der Waals surface area contributed by atoms with Crippen molar-refractivity contribution in [2.24, 2.45) is 5.73 Å². The van der Waals surface area contributed by atoms with E-state index in [1.165, 1.54) is 12.3 Å². The molecule has 1 fully saturated rings. The van der Waals surface area contributed by atoms with E-state index in [2.05, 4.69) is 4.98 Å². The zero-order chi connectivity index (χ0) is 20.8. The number of rotatable bonds is 3. The van der Waals surface area contributed by atoms with Crippen LogP contribution in [0.15, 0.2) is 36.5 Å². The fourth-order valence-corrected chi connectivity index (χ4v) is 4.47. The molecule has 0 radical (unpaired) electrons. The first kappa shape index (κ1) is 20.1. The number of carbonyl (C=O) groups is 2. The number of ether oxygens (including phenoxy) is 1. The third kappa shape index (κ3) is 3.37. The van der Waals surface area contributed by atoms with Gasteiger partial charge in [-0.15, -0.1) is 0 Å². The Kier molecular flexibility index (Phi) is 5.01. The Balaban J connectivity index is 1.69. The first-order valence-electron chi connectivity index (χ1n) is 9.06. The standard InChI is InChI=1S/C20H18Cl2FN3O3/c21-13-4-3-12(15(22)8-13)9-26-11-19(29-10-16(26)27)5-6-20(23,18(24)28)14-2-1-7-25-17(14)19/h1-4,7-8H,5-6,9-11H2,(H2,24,28)/t19-,20+/m1/s1. The van der Waals surface area contributed by atoms with Gasteiger partial charge < -0.3 is 15.4 Å². The Morgan fingerprint density at radius 2 is 2.10 bits per heavy atom. The predicted octanol–water partition coefficient (Wildman–Crippen LogP) is 3.09. The molecule has 1 aliphatic heterocycles. The fraction of sp³-hybridized carbons (Fsp3) is 0.350. The minimum atomic E-state index is -2.32. The molecule has 1 aliphatic carbocycles. The van der Waals surface area contributed by atoms with E-state index in [9.17, 15) is 9.59 Å². The van der Waals surface area contributed by atoms with Gasteiger partial charge in [0.2, 0.25) is 11.6 Å². The summed E-state index contributed by atoms with van der Waals surface area (Å²) in [5.74, 6) is -1.27. The SMILES string of the molecule is NC(=O)[C@]1(F)CC[C@@]2(CN(Cc3ccc(Cl)cc3Cl)C(=O)CO2)c2ncccc21. The van der Waals surface area contributed by atoms with E-state index < -0.39 is 17.2 Å². The second-order valence-electron chi connectivity index (χ2n) is 7.33. The zero-order valence-corrected chi connectivity index (χ0v) is 16.8. The molecule has 0 bridgehead atoms. The number of morpholine rings is 1. The summed E-state index contributed by atoms with van der Waals surface area (Å²) in [6, 6.07) is 8.11. The van der Waals surface area contributed by atoms with Crippen molar-refractivity contribution in [3.8, 4) is 0 Å². The highest BCUT2D eigenvalue weighted by Crippen LogP contribution is 2.48. The van der Waals surface area contributed by atoms with Gasteiger partial charge in [0.05, 0.1) is 12.2 Å². The minimum absolute atomic E-state index is 0.0950. The molecule has 152 valence electrons. The second-order valence-corrected chi connectivity index (χ2v) is 8.18. The number of nitrogens with zero attached hydrogens (tertiary/aromatic N) is 2. The van der Waals surface area contributed by atoms with Crippen LogP contribution in [0.3, 0.4) is 0 Å². The monoisotopic (exact) mass is 437 g/mol. The number of primary amides is 1. The smallest absolute Gasteiger partial charge is 0.259 e. The van der Waals surface area contributed by atoms with E-state index in [1.807, 2.05) is 0 Å². The molecular weight excluding hydrogens is 420 g/mol. The molecule has 2 heterocycles. The third-order valence-corrected chi connectivity index (χ3v) is 6.16. The zero-order valence-electron chi connectivity index (χ0n) is 15.3. The van der Waals surface area contributed by atoms with E-state index in [0.717, 1.165) is 5.56 Å². The highest BCUT2D eigenvalue weighted by atomic mass is 35.5. The number of alkyl halides is 1. The average molecular weight is 438 g/mol. The van der Waals surface area contributed by atoms with Crippen molar-refractivity contribution >= 4 is 35.0 Å². The molecule has 29 heavy (non-hydrogen) atoms. The summed E-state index contributed by atoms with van der Waals surface area (Å²) >= 11 is 12.2. The van der Waals surface area contributed by atoms with E-state index in [0.29, 0.717) is 15.7 Å². The number of carbonyl (C=O) groups excluding carboxylic acids is 2. The van der Waals surface area contributed by atoms with Crippen LogP contribution in [0.1, 0.15) is 29.7 Å². The maximum Gasteiger partial charge on any atom is 0.259 e. The van der Waals surface area contributed by atoms with E-state index in [4.69, 9.17) is 33.7 Å². The summed E-state index contributed by atoms with van der Waals surface area (Å²) in [7, 11) is 0. The first-order valence-corrected chi connectivity index (χ1v) is 9.81. The topological polar surface area (TPSA) is 85.5 Å². The molecule has 6 nitrogen and oxygen atoms in total. The number of benzene rings is 1. The van der Waals surface area contributed by atoms with Gasteiger partial charge in [0.25, 0.3) is 5.91 Å². The van der Waals surface area contributed by atoms with Gasteiger partial charge in [-0.25, -0.2) is 4.39 Å². The molecule has 0 unspecified atom stereocenters. The Hall–Kier alpha value is -2.22. The summed E-state index contributed by atoms with van der Waals surface area (Å²) in [6.07, 6.45) is 1.52. The van der Waals surface area contributed by atoms with Gasteiger partial charge in [-0.3, -0.25) is 14.6 Å². The average Bonchev–Trinajstić information content (AvgIpc) is 2.70. The van der Waals surface area contributed by atoms with Crippen molar-refractivity contribution in [1.82, 2.24) is 9.88 Å². The maximum atomic E-state index is 15.4. The van der Waals surface area contributed by atoms with E-state index in [1.54, 1.807) is 29.2 Å².